The highest BCUT2D eigenvalue weighted by Gasteiger charge is 2.23. The van der Waals surface area contributed by atoms with Gasteiger partial charge in [-0.3, -0.25) is 4.79 Å². The maximum atomic E-state index is 13.1. The molecule has 0 radical (unpaired) electrons. The first kappa shape index (κ1) is 11.9. The Kier molecular flexibility index (Phi) is 3.65. The molecule has 0 spiro atoms. The van der Waals surface area contributed by atoms with E-state index in [9.17, 15) is 14.3 Å². The summed E-state index contributed by atoms with van der Waals surface area (Å²) in [4.78, 5) is 10.8. The minimum atomic E-state index is -1.20. The van der Waals surface area contributed by atoms with E-state index < -0.39 is 23.5 Å². The second kappa shape index (κ2) is 4.59. The predicted molar refractivity (Wildman–Crippen MR) is 55.2 cm³/mol. The standard InChI is InChI=1S/C9H9BrFNO3/c10-4-1-5(6(3-12)9(14)15)8(13)7(11)2-4/h1-2,6,13H,3,12H2,(H,14,15). The first-order valence-corrected chi connectivity index (χ1v) is 4.87. The number of aromatic hydroxyl groups is 1. The van der Waals surface area contributed by atoms with Gasteiger partial charge in [0, 0.05) is 16.6 Å². The third-order valence-corrected chi connectivity index (χ3v) is 2.42. The zero-order valence-corrected chi connectivity index (χ0v) is 9.16. The Morgan fingerprint density at radius 2 is 2.20 bits per heavy atom. The van der Waals surface area contributed by atoms with E-state index in [2.05, 4.69) is 15.9 Å². The minimum absolute atomic E-state index is 0.0307. The quantitative estimate of drug-likeness (QED) is 0.780. The summed E-state index contributed by atoms with van der Waals surface area (Å²) in [7, 11) is 0. The van der Waals surface area contributed by atoms with Crippen LogP contribution in [0.15, 0.2) is 16.6 Å². The Morgan fingerprint density at radius 1 is 1.60 bits per heavy atom. The van der Waals surface area contributed by atoms with Crippen LogP contribution in [0.5, 0.6) is 5.75 Å². The van der Waals surface area contributed by atoms with Crippen LogP contribution >= 0.6 is 15.9 Å². The van der Waals surface area contributed by atoms with Crippen LogP contribution in [0.1, 0.15) is 11.5 Å². The number of phenolic OH excluding ortho intramolecular Hbond substituents is 1. The molecule has 0 fully saturated rings. The van der Waals surface area contributed by atoms with E-state index in [0.29, 0.717) is 4.47 Å². The molecule has 6 heteroatoms. The number of benzene rings is 1. The van der Waals surface area contributed by atoms with Gasteiger partial charge in [0.2, 0.25) is 0 Å². The lowest BCUT2D eigenvalue weighted by Crippen LogP contribution is -2.21. The Hall–Kier alpha value is -1.14. The molecule has 0 aliphatic heterocycles. The molecule has 0 amide bonds. The maximum absolute atomic E-state index is 13.1. The second-order valence-corrected chi connectivity index (χ2v) is 3.87. The summed E-state index contributed by atoms with van der Waals surface area (Å²) in [6, 6.07) is 2.39. The van der Waals surface area contributed by atoms with Crippen LogP contribution in [0.2, 0.25) is 0 Å². The van der Waals surface area contributed by atoms with Gasteiger partial charge in [0.25, 0.3) is 0 Å². The highest BCUT2D eigenvalue weighted by Crippen LogP contribution is 2.31. The van der Waals surface area contributed by atoms with Gasteiger partial charge in [0.05, 0.1) is 5.92 Å². The van der Waals surface area contributed by atoms with Crippen molar-refractivity contribution >= 4 is 21.9 Å². The summed E-state index contributed by atoms with van der Waals surface area (Å²) in [5.74, 6) is -3.86. The van der Waals surface area contributed by atoms with Gasteiger partial charge in [-0.2, -0.15) is 0 Å². The lowest BCUT2D eigenvalue weighted by Gasteiger charge is -2.12. The third-order valence-electron chi connectivity index (χ3n) is 1.97. The molecule has 82 valence electrons. The number of phenols is 1. The van der Waals surface area contributed by atoms with E-state index in [1.165, 1.54) is 6.07 Å². The molecule has 4 N–H and O–H groups in total. The topological polar surface area (TPSA) is 83.6 Å². The highest BCUT2D eigenvalue weighted by molar-refractivity contribution is 9.10. The second-order valence-electron chi connectivity index (χ2n) is 2.95. The first-order valence-electron chi connectivity index (χ1n) is 4.08. The number of halogens is 2. The van der Waals surface area contributed by atoms with Gasteiger partial charge < -0.3 is 15.9 Å². The highest BCUT2D eigenvalue weighted by atomic mass is 79.9. The number of nitrogens with two attached hydrogens (primary N) is 1. The van der Waals surface area contributed by atoms with Gasteiger partial charge in [-0.15, -0.1) is 0 Å². The SMILES string of the molecule is NCC(C(=O)O)c1cc(Br)cc(F)c1O. The molecule has 1 aromatic rings. The van der Waals surface area contributed by atoms with Crippen LogP contribution < -0.4 is 5.73 Å². The fraction of sp³-hybridized carbons (Fsp3) is 0.222. The summed E-state index contributed by atoms with van der Waals surface area (Å²) in [6.45, 7) is -0.210. The zero-order valence-electron chi connectivity index (χ0n) is 7.58. The molecular formula is C9H9BrFNO3. The monoisotopic (exact) mass is 277 g/mol. The molecule has 0 aromatic heterocycles. The summed E-state index contributed by atoms with van der Waals surface area (Å²) < 4.78 is 13.4. The molecule has 1 rings (SSSR count). The average Bonchev–Trinajstić information content (AvgIpc) is 2.13. The van der Waals surface area contributed by atoms with Crippen molar-refractivity contribution in [1.29, 1.82) is 0 Å². The van der Waals surface area contributed by atoms with Gasteiger partial charge in [-0.05, 0) is 12.1 Å². The molecule has 15 heavy (non-hydrogen) atoms. The fourth-order valence-electron chi connectivity index (χ4n) is 1.21. The van der Waals surface area contributed by atoms with Crippen molar-refractivity contribution in [2.75, 3.05) is 6.54 Å². The summed E-state index contributed by atoms with van der Waals surface area (Å²) >= 11 is 3.01. The third kappa shape index (κ3) is 2.45. The van der Waals surface area contributed by atoms with Gasteiger partial charge in [0.1, 0.15) is 0 Å². The van der Waals surface area contributed by atoms with Crippen LogP contribution in [0.4, 0.5) is 4.39 Å². The van der Waals surface area contributed by atoms with E-state index in [4.69, 9.17) is 10.8 Å². The lowest BCUT2D eigenvalue weighted by molar-refractivity contribution is -0.138. The summed E-state index contributed by atoms with van der Waals surface area (Å²) in [6.07, 6.45) is 0. The fourth-order valence-corrected chi connectivity index (χ4v) is 1.66. The predicted octanol–water partition coefficient (Wildman–Crippen LogP) is 1.42. The number of rotatable bonds is 3. The molecule has 0 saturated heterocycles. The van der Waals surface area contributed by atoms with E-state index >= 15 is 0 Å². The molecule has 4 nitrogen and oxygen atoms in total. The van der Waals surface area contributed by atoms with E-state index in [1.807, 2.05) is 0 Å². The molecule has 0 heterocycles. The molecule has 0 aliphatic rings. The zero-order chi connectivity index (χ0) is 11.6. The number of hydrogen-bond donors (Lipinski definition) is 3. The van der Waals surface area contributed by atoms with E-state index in [1.54, 1.807) is 0 Å². The first-order chi connectivity index (χ1) is 6.97. The summed E-state index contributed by atoms with van der Waals surface area (Å²) in [5.41, 5.74) is 5.21. The number of carbonyl (C=O) groups is 1. The molecule has 1 aromatic carbocycles. The van der Waals surface area contributed by atoms with Gasteiger partial charge in [-0.1, -0.05) is 15.9 Å². The number of carboxylic acids is 1. The Labute approximate surface area is 93.6 Å². The van der Waals surface area contributed by atoms with Crippen molar-refractivity contribution in [3.05, 3.63) is 28.0 Å². The minimum Gasteiger partial charge on any atom is -0.505 e. The molecule has 1 unspecified atom stereocenters. The van der Waals surface area contributed by atoms with Crippen molar-refractivity contribution < 1.29 is 19.4 Å². The molecule has 0 bridgehead atoms. The number of hydrogen-bond acceptors (Lipinski definition) is 3. The average molecular weight is 278 g/mol. The normalized spacial score (nSPS) is 12.5. The van der Waals surface area contributed by atoms with Gasteiger partial charge in [-0.25, -0.2) is 4.39 Å². The van der Waals surface area contributed by atoms with Crippen LogP contribution in [0, 0.1) is 5.82 Å². The number of carboxylic acid groups (broad SMARTS) is 1. The van der Waals surface area contributed by atoms with Crippen LogP contribution in [-0.2, 0) is 4.79 Å². The lowest BCUT2D eigenvalue weighted by atomic mass is 9.98. The Morgan fingerprint density at radius 3 is 2.67 bits per heavy atom. The Balaban J connectivity index is 3.28. The number of aliphatic carboxylic acids is 1. The molecule has 0 aliphatic carbocycles. The van der Waals surface area contributed by atoms with Crippen molar-refractivity contribution in [1.82, 2.24) is 0 Å². The van der Waals surface area contributed by atoms with Crippen LogP contribution in [0.3, 0.4) is 0 Å². The van der Waals surface area contributed by atoms with Crippen molar-refractivity contribution in [3.63, 3.8) is 0 Å². The van der Waals surface area contributed by atoms with Crippen molar-refractivity contribution in [2.45, 2.75) is 5.92 Å². The van der Waals surface area contributed by atoms with Crippen molar-refractivity contribution in [2.24, 2.45) is 5.73 Å². The molecular weight excluding hydrogens is 269 g/mol. The van der Waals surface area contributed by atoms with Crippen LogP contribution in [-0.4, -0.2) is 22.7 Å². The summed E-state index contributed by atoms with van der Waals surface area (Å²) in [5, 5.41) is 18.2. The molecule has 0 saturated carbocycles. The van der Waals surface area contributed by atoms with E-state index in [-0.39, 0.29) is 12.1 Å². The van der Waals surface area contributed by atoms with Crippen molar-refractivity contribution in [3.8, 4) is 5.75 Å². The van der Waals surface area contributed by atoms with Gasteiger partial charge in [0.15, 0.2) is 11.6 Å². The van der Waals surface area contributed by atoms with Gasteiger partial charge >= 0.3 is 5.97 Å². The Bertz CT molecular complexity index is 397. The maximum Gasteiger partial charge on any atom is 0.312 e. The molecule has 1 atom stereocenters. The largest absolute Gasteiger partial charge is 0.505 e. The smallest absolute Gasteiger partial charge is 0.312 e. The van der Waals surface area contributed by atoms with E-state index in [0.717, 1.165) is 6.07 Å². The van der Waals surface area contributed by atoms with Crippen LogP contribution in [0.25, 0.3) is 0 Å².